The van der Waals surface area contributed by atoms with Crippen molar-refractivity contribution in [2.75, 3.05) is 32.7 Å². The number of benzene rings is 2. The van der Waals surface area contributed by atoms with Gasteiger partial charge in [0, 0.05) is 31.3 Å². The fraction of sp³-hybridized carbons (Fsp3) is 0.292. The highest BCUT2D eigenvalue weighted by Gasteiger charge is 2.26. The molecule has 1 aliphatic heterocycles. The van der Waals surface area contributed by atoms with Crippen molar-refractivity contribution in [1.29, 1.82) is 0 Å². The van der Waals surface area contributed by atoms with Gasteiger partial charge in [-0.2, -0.15) is 0 Å². The van der Waals surface area contributed by atoms with Gasteiger partial charge >= 0.3 is 6.03 Å². The minimum absolute atomic E-state index is 0.0639. The minimum atomic E-state index is -0.874. The van der Waals surface area contributed by atoms with E-state index in [4.69, 9.17) is 31.5 Å². The molecule has 1 fully saturated rings. The molecule has 0 radical (unpaired) electrons. The number of carbonyl (C=O) groups is 2. The first-order valence-electron chi connectivity index (χ1n) is 11.1. The molecule has 1 unspecified atom stereocenters. The van der Waals surface area contributed by atoms with Crippen LogP contribution in [0.5, 0.6) is 17.2 Å². The normalized spacial score (nSPS) is 15.6. The maximum atomic E-state index is 15.1. The van der Waals surface area contributed by atoms with Crippen molar-refractivity contribution < 1.29 is 28.2 Å². The number of carbonyl (C=O) groups excluding carboxylic acids is 2. The average Bonchev–Trinajstić information content (AvgIpc) is 3.29. The first-order valence-corrected chi connectivity index (χ1v) is 11.5. The fourth-order valence-electron chi connectivity index (χ4n) is 4.05. The molecule has 36 heavy (non-hydrogen) atoms. The summed E-state index contributed by atoms with van der Waals surface area (Å²) in [6.45, 7) is 1.17. The summed E-state index contributed by atoms with van der Waals surface area (Å²) in [6.07, 6.45) is 3.29. The third kappa shape index (κ3) is 5.27. The molecule has 3 aromatic rings. The van der Waals surface area contributed by atoms with E-state index in [1.165, 1.54) is 43.6 Å². The number of pyridine rings is 1. The first-order chi connectivity index (χ1) is 17.3. The van der Waals surface area contributed by atoms with E-state index in [2.05, 4.69) is 15.7 Å². The molecular weight excluding hydrogens is 493 g/mol. The van der Waals surface area contributed by atoms with E-state index in [-0.39, 0.29) is 39.6 Å². The number of ether oxygens (including phenoxy) is 3. The van der Waals surface area contributed by atoms with Crippen LogP contribution in [0.15, 0.2) is 36.5 Å². The molecule has 1 aliphatic rings. The molecule has 1 saturated heterocycles. The number of amides is 3. The summed E-state index contributed by atoms with van der Waals surface area (Å²) >= 11 is 6.21. The number of urea groups is 1. The average molecular weight is 518 g/mol. The van der Waals surface area contributed by atoms with Gasteiger partial charge in [0.05, 0.1) is 36.5 Å². The molecule has 2 aromatic carbocycles. The van der Waals surface area contributed by atoms with Gasteiger partial charge in [-0.1, -0.05) is 11.6 Å². The van der Waals surface area contributed by atoms with Gasteiger partial charge in [0.1, 0.15) is 16.5 Å². The zero-order chi connectivity index (χ0) is 25.8. The molecule has 4 N–H and O–H groups in total. The number of hydrogen-bond donors (Lipinski definition) is 3. The van der Waals surface area contributed by atoms with Crippen LogP contribution in [0.25, 0.3) is 10.9 Å². The lowest BCUT2D eigenvalue weighted by Crippen LogP contribution is -2.48. The van der Waals surface area contributed by atoms with Gasteiger partial charge in [-0.15, -0.1) is 0 Å². The van der Waals surface area contributed by atoms with Crippen LogP contribution in [0, 0.1) is 5.82 Å². The number of methoxy groups -OCH3 is 2. The smallest absolute Gasteiger partial charge is 0.333 e. The third-order valence-corrected chi connectivity index (χ3v) is 6.15. The van der Waals surface area contributed by atoms with Crippen LogP contribution in [0.4, 0.5) is 14.9 Å². The van der Waals surface area contributed by atoms with E-state index in [1.54, 1.807) is 12.1 Å². The Kier molecular flexibility index (Phi) is 7.73. The van der Waals surface area contributed by atoms with E-state index in [9.17, 15) is 9.59 Å². The number of nitrogens with one attached hydrogen (secondary N) is 2. The van der Waals surface area contributed by atoms with E-state index in [1.807, 2.05) is 0 Å². The Hall–Kier alpha value is -3.67. The molecule has 3 amide bonds. The first kappa shape index (κ1) is 25.4. The van der Waals surface area contributed by atoms with Crippen LogP contribution in [-0.2, 0) is 4.74 Å². The Morgan fingerprint density at radius 3 is 2.75 bits per heavy atom. The van der Waals surface area contributed by atoms with Gasteiger partial charge < -0.3 is 25.3 Å². The zero-order valence-corrected chi connectivity index (χ0v) is 20.4. The highest BCUT2D eigenvalue weighted by atomic mass is 35.5. The number of aromatic nitrogens is 1. The van der Waals surface area contributed by atoms with Gasteiger partial charge in [-0.05, 0) is 37.1 Å². The molecule has 1 atom stereocenters. The standard InChI is InChI=1S/C24H25ClFN5O5/c1-34-12-13-4-3-9-31(13)30-24(33)29-16-5-6-19(22(26)21(16)25)36-18-7-8-28-17-11-20(35-2)15(23(27)32)10-14(17)18/h5-8,10-11,13H,3-4,9,12H2,1-2H3,(H2,27,32)(H2,29,30,33). The summed E-state index contributed by atoms with van der Waals surface area (Å²) in [7, 11) is 3.01. The minimum Gasteiger partial charge on any atom is -0.496 e. The molecule has 0 bridgehead atoms. The second kappa shape index (κ2) is 10.9. The Labute approximate surface area is 211 Å². The van der Waals surface area contributed by atoms with Crippen molar-refractivity contribution >= 4 is 40.1 Å². The van der Waals surface area contributed by atoms with E-state index < -0.39 is 17.8 Å². The van der Waals surface area contributed by atoms with Crippen LogP contribution >= 0.6 is 11.6 Å². The molecule has 0 spiro atoms. The maximum absolute atomic E-state index is 15.1. The van der Waals surface area contributed by atoms with Gasteiger partial charge in [-0.25, -0.2) is 14.2 Å². The summed E-state index contributed by atoms with van der Waals surface area (Å²) < 4.78 is 31.3. The SMILES string of the molecule is COCC1CCCN1NC(=O)Nc1ccc(Oc2ccnc3cc(OC)c(C(N)=O)cc23)c(F)c1Cl. The Balaban J connectivity index is 1.55. The molecule has 2 heterocycles. The predicted octanol–water partition coefficient (Wildman–Crippen LogP) is 4.07. The van der Waals surface area contributed by atoms with Crippen LogP contribution in [-0.4, -0.2) is 55.3 Å². The largest absolute Gasteiger partial charge is 0.496 e. The molecule has 0 aliphatic carbocycles. The number of hydrogen-bond acceptors (Lipinski definition) is 7. The van der Waals surface area contributed by atoms with Crippen molar-refractivity contribution in [3.05, 3.63) is 52.9 Å². The van der Waals surface area contributed by atoms with Gasteiger partial charge in [0.2, 0.25) is 0 Å². The number of anilines is 1. The molecule has 1 aromatic heterocycles. The molecule has 4 rings (SSSR count). The van der Waals surface area contributed by atoms with E-state index >= 15 is 4.39 Å². The van der Waals surface area contributed by atoms with Crippen molar-refractivity contribution in [2.24, 2.45) is 5.73 Å². The summed E-state index contributed by atoms with van der Waals surface area (Å²) in [5.74, 6) is -1.29. The summed E-state index contributed by atoms with van der Waals surface area (Å²) in [5.41, 5.74) is 8.84. The van der Waals surface area contributed by atoms with E-state index in [0.717, 1.165) is 12.8 Å². The Morgan fingerprint density at radius 2 is 2.03 bits per heavy atom. The van der Waals surface area contributed by atoms with E-state index in [0.29, 0.717) is 24.1 Å². The van der Waals surface area contributed by atoms with Crippen molar-refractivity contribution in [3.8, 4) is 17.2 Å². The van der Waals surface area contributed by atoms with Gasteiger partial charge in [0.15, 0.2) is 11.6 Å². The van der Waals surface area contributed by atoms with Crippen LogP contribution in [0.3, 0.4) is 0 Å². The number of nitrogens with two attached hydrogens (primary N) is 1. The summed E-state index contributed by atoms with van der Waals surface area (Å²) in [6, 6.07) is 6.79. The van der Waals surface area contributed by atoms with Gasteiger partial charge in [0.25, 0.3) is 5.91 Å². The highest BCUT2D eigenvalue weighted by molar-refractivity contribution is 6.34. The fourth-order valence-corrected chi connectivity index (χ4v) is 4.26. The van der Waals surface area contributed by atoms with Crippen LogP contribution in [0.2, 0.25) is 5.02 Å². The lowest BCUT2D eigenvalue weighted by Gasteiger charge is -2.24. The van der Waals surface area contributed by atoms with Crippen LogP contribution in [0.1, 0.15) is 23.2 Å². The monoisotopic (exact) mass is 517 g/mol. The topological polar surface area (TPSA) is 128 Å². The zero-order valence-electron chi connectivity index (χ0n) is 19.6. The lowest BCUT2D eigenvalue weighted by molar-refractivity contribution is 0.0930. The van der Waals surface area contributed by atoms with Crippen molar-refractivity contribution in [1.82, 2.24) is 15.4 Å². The number of primary amides is 1. The molecule has 12 heteroatoms. The number of nitrogens with zero attached hydrogens (tertiary/aromatic N) is 2. The van der Waals surface area contributed by atoms with Crippen molar-refractivity contribution in [2.45, 2.75) is 18.9 Å². The predicted molar refractivity (Wildman–Crippen MR) is 132 cm³/mol. The summed E-state index contributed by atoms with van der Waals surface area (Å²) in [5, 5.41) is 4.43. The molecule has 10 nitrogen and oxygen atoms in total. The number of rotatable bonds is 8. The van der Waals surface area contributed by atoms with Gasteiger partial charge in [-0.3, -0.25) is 15.2 Å². The number of halogens is 2. The summed E-state index contributed by atoms with van der Waals surface area (Å²) in [4.78, 5) is 28.5. The molecule has 0 saturated carbocycles. The second-order valence-corrected chi connectivity index (χ2v) is 8.47. The highest BCUT2D eigenvalue weighted by Crippen LogP contribution is 2.37. The second-order valence-electron chi connectivity index (χ2n) is 8.09. The molecular formula is C24H25ClFN5O5. The third-order valence-electron chi connectivity index (χ3n) is 5.78. The number of hydrazine groups is 1. The van der Waals surface area contributed by atoms with Crippen LogP contribution < -0.4 is 25.9 Å². The number of fused-ring (bicyclic) bond motifs is 1. The lowest BCUT2D eigenvalue weighted by atomic mass is 10.1. The quantitative estimate of drug-likeness (QED) is 0.411. The van der Waals surface area contributed by atoms with Crippen molar-refractivity contribution in [3.63, 3.8) is 0 Å². The maximum Gasteiger partial charge on any atom is 0.333 e. The molecule has 190 valence electrons. The Morgan fingerprint density at radius 1 is 1.22 bits per heavy atom. The Bertz CT molecular complexity index is 1310.